The molecule has 4 nitrogen and oxygen atoms in total. The molecule has 4 heteroatoms. The summed E-state index contributed by atoms with van der Waals surface area (Å²) in [4.78, 5) is 11.6. The van der Waals surface area contributed by atoms with Crippen molar-refractivity contribution in [2.75, 3.05) is 6.61 Å². The first-order valence-corrected chi connectivity index (χ1v) is 6.01. The highest BCUT2D eigenvalue weighted by Gasteiger charge is 2.18. The molecule has 0 aliphatic heterocycles. The van der Waals surface area contributed by atoms with Crippen LogP contribution < -0.4 is 5.32 Å². The summed E-state index contributed by atoms with van der Waals surface area (Å²) in [6.45, 7) is 1.99. The Balaban J connectivity index is 1.82. The van der Waals surface area contributed by atoms with E-state index in [0.29, 0.717) is 5.76 Å². The quantitative estimate of drug-likeness (QED) is 0.628. The Labute approximate surface area is 106 Å². The van der Waals surface area contributed by atoms with Crippen LogP contribution in [-0.4, -0.2) is 23.7 Å². The van der Waals surface area contributed by atoms with Crippen molar-refractivity contribution < 1.29 is 14.3 Å². The van der Waals surface area contributed by atoms with E-state index in [2.05, 4.69) is 5.32 Å². The molecule has 0 bridgehead atoms. The Bertz CT molecular complexity index is 473. The summed E-state index contributed by atoms with van der Waals surface area (Å²) in [6.07, 6.45) is 7.72. The lowest BCUT2D eigenvalue weighted by atomic mass is 10.1. The molecule has 0 saturated heterocycles. The molecule has 2 rings (SSSR count). The molecule has 1 aliphatic carbocycles. The normalized spacial score (nSPS) is 22.8. The number of hydrogen-bond donors (Lipinski definition) is 2. The van der Waals surface area contributed by atoms with E-state index >= 15 is 0 Å². The van der Waals surface area contributed by atoms with Crippen molar-refractivity contribution in [3.8, 4) is 0 Å². The van der Waals surface area contributed by atoms with E-state index in [9.17, 15) is 4.79 Å². The van der Waals surface area contributed by atoms with Crippen molar-refractivity contribution in [3.05, 3.63) is 41.9 Å². The summed E-state index contributed by atoms with van der Waals surface area (Å²) in [7, 11) is 0. The highest BCUT2D eigenvalue weighted by Crippen LogP contribution is 2.16. The standard InChI is InChI=1S/C14H17NO3/c1-10-2-5-13(18-10)6-7-14(17)15-12-4-3-11(8-12)9-16/h2-7,11-12,16H,8-9H2,1H3,(H,15,17)/b7-6+/t11-,12+/m0/s1. The van der Waals surface area contributed by atoms with E-state index in [1.165, 1.54) is 6.08 Å². The molecule has 2 atom stereocenters. The summed E-state index contributed by atoms with van der Waals surface area (Å²) in [5.41, 5.74) is 0. The second-order valence-corrected chi connectivity index (χ2v) is 4.46. The summed E-state index contributed by atoms with van der Waals surface area (Å²) in [5, 5.41) is 11.8. The minimum atomic E-state index is -0.155. The van der Waals surface area contributed by atoms with Crippen LogP contribution in [0, 0.1) is 12.8 Å². The van der Waals surface area contributed by atoms with Gasteiger partial charge in [0, 0.05) is 24.6 Å². The molecule has 1 aromatic heterocycles. The van der Waals surface area contributed by atoms with Crippen LogP contribution in [0.4, 0.5) is 0 Å². The van der Waals surface area contributed by atoms with Gasteiger partial charge in [-0.15, -0.1) is 0 Å². The highest BCUT2D eigenvalue weighted by molar-refractivity contribution is 5.91. The minimum absolute atomic E-state index is 0.0117. The second-order valence-electron chi connectivity index (χ2n) is 4.46. The average Bonchev–Trinajstić information content (AvgIpc) is 2.95. The van der Waals surface area contributed by atoms with Crippen LogP contribution in [0.1, 0.15) is 17.9 Å². The molecule has 18 heavy (non-hydrogen) atoms. The molecule has 1 aromatic rings. The van der Waals surface area contributed by atoms with Crippen LogP contribution in [0.3, 0.4) is 0 Å². The van der Waals surface area contributed by atoms with Crippen LogP contribution >= 0.6 is 0 Å². The first-order valence-electron chi connectivity index (χ1n) is 6.01. The van der Waals surface area contributed by atoms with Crippen molar-refractivity contribution in [1.82, 2.24) is 5.32 Å². The molecule has 1 aliphatic rings. The van der Waals surface area contributed by atoms with Gasteiger partial charge in [0.2, 0.25) is 5.91 Å². The first kappa shape index (κ1) is 12.6. The molecule has 0 unspecified atom stereocenters. The number of hydrogen-bond acceptors (Lipinski definition) is 3. The molecule has 96 valence electrons. The van der Waals surface area contributed by atoms with Crippen LogP contribution in [0.5, 0.6) is 0 Å². The van der Waals surface area contributed by atoms with Gasteiger partial charge >= 0.3 is 0 Å². The SMILES string of the molecule is Cc1ccc(/C=C/C(=O)N[C@@H]2C=C[C@H](CO)C2)o1. The van der Waals surface area contributed by atoms with E-state index in [1.807, 2.05) is 31.2 Å². The maximum atomic E-state index is 11.6. The smallest absolute Gasteiger partial charge is 0.244 e. The number of carbonyl (C=O) groups is 1. The summed E-state index contributed by atoms with van der Waals surface area (Å²) >= 11 is 0. The van der Waals surface area contributed by atoms with Gasteiger partial charge in [-0.2, -0.15) is 0 Å². The lowest BCUT2D eigenvalue weighted by Gasteiger charge is -2.10. The number of rotatable bonds is 4. The van der Waals surface area contributed by atoms with Crippen molar-refractivity contribution in [1.29, 1.82) is 0 Å². The summed E-state index contributed by atoms with van der Waals surface area (Å²) in [6, 6.07) is 3.68. The lowest BCUT2D eigenvalue weighted by Crippen LogP contribution is -2.31. The molecule has 1 amide bonds. The number of aryl methyl sites for hydroxylation is 1. The van der Waals surface area contributed by atoms with Crippen LogP contribution in [0.15, 0.2) is 34.8 Å². The van der Waals surface area contributed by atoms with E-state index in [1.54, 1.807) is 6.08 Å². The molecule has 0 radical (unpaired) electrons. The zero-order valence-electron chi connectivity index (χ0n) is 10.3. The molecular weight excluding hydrogens is 230 g/mol. The Morgan fingerprint density at radius 3 is 3.00 bits per heavy atom. The van der Waals surface area contributed by atoms with Crippen LogP contribution in [0.25, 0.3) is 6.08 Å². The van der Waals surface area contributed by atoms with Gasteiger partial charge in [0.1, 0.15) is 11.5 Å². The minimum Gasteiger partial charge on any atom is -0.462 e. The topological polar surface area (TPSA) is 62.5 Å². The van der Waals surface area contributed by atoms with Gasteiger partial charge in [0.05, 0.1) is 0 Å². The number of carbonyl (C=O) groups excluding carboxylic acids is 1. The molecule has 1 heterocycles. The van der Waals surface area contributed by atoms with E-state index in [4.69, 9.17) is 9.52 Å². The monoisotopic (exact) mass is 247 g/mol. The Morgan fingerprint density at radius 1 is 1.56 bits per heavy atom. The van der Waals surface area contributed by atoms with Crippen LogP contribution in [0.2, 0.25) is 0 Å². The highest BCUT2D eigenvalue weighted by atomic mass is 16.3. The fraction of sp³-hybridized carbons (Fsp3) is 0.357. The van der Waals surface area contributed by atoms with Gasteiger partial charge in [-0.3, -0.25) is 4.79 Å². The lowest BCUT2D eigenvalue weighted by molar-refractivity contribution is -0.116. The van der Waals surface area contributed by atoms with Gasteiger partial charge < -0.3 is 14.8 Å². The van der Waals surface area contributed by atoms with E-state index in [0.717, 1.165) is 12.2 Å². The maximum absolute atomic E-state index is 11.6. The van der Waals surface area contributed by atoms with Crippen LogP contribution in [-0.2, 0) is 4.79 Å². The molecule has 2 N–H and O–H groups in total. The third kappa shape index (κ3) is 3.34. The van der Waals surface area contributed by atoms with E-state index < -0.39 is 0 Å². The summed E-state index contributed by atoms with van der Waals surface area (Å²) < 4.78 is 5.32. The molecule has 0 fully saturated rings. The predicted molar refractivity (Wildman–Crippen MR) is 68.7 cm³/mol. The summed E-state index contributed by atoms with van der Waals surface area (Å²) in [5.74, 6) is 1.49. The third-order valence-corrected chi connectivity index (χ3v) is 2.89. The molecule has 0 aromatic carbocycles. The second kappa shape index (κ2) is 5.69. The fourth-order valence-electron chi connectivity index (χ4n) is 1.95. The Kier molecular flexibility index (Phi) is 3.99. The van der Waals surface area contributed by atoms with Gasteiger partial charge in [0.15, 0.2) is 0 Å². The average molecular weight is 247 g/mol. The van der Waals surface area contributed by atoms with E-state index in [-0.39, 0.29) is 24.5 Å². The number of aliphatic hydroxyl groups is 1. The number of furan rings is 1. The van der Waals surface area contributed by atoms with Gasteiger partial charge in [-0.05, 0) is 31.6 Å². The first-order chi connectivity index (χ1) is 8.67. The largest absolute Gasteiger partial charge is 0.462 e. The number of nitrogens with one attached hydrogen (secondary N) is 1. The fourth-order valence-corrected chi connectivity index (χ4v) is 1.95. The van der Waals surface area contributed by atoms with Gasteiger partial charge in [-0.25, -0.2) is 0 Å². The molecule has 0 spiro atoms. The molecule has 0 saturated carbocycles. The van der Waals surface area contributed by atoms with Gasteiger partial charge in [0.25, 0.3) is 0 Å². The Hall–Kier alpha value is -1.81. The van der Waals surface area contributed by atoms with Crippen molar-refractivity contribution in [2.45, 2.75) is 19.4 Å². The predicted octanol–water partition coefficient (Wildman–Crippen LogP) is 1.65. The van der Waals surface area contributed by atoms with Crippen molar-refractivity contribution in [3.63, 3.8) is 0 Å². The Morgan fingerprint density at radius 2 is 2.39 bits per heavy atom. The number of amides is 1. The third-order valence-electron chi connectivity index (χ3n) is 2.89. The zero-order valence-corrected chi connectivity index (χ0v) is 10.3. The van der Waals surface area contributed by atoms with Crippen molar-refractivity contribution in [2.24, 2.45) is 5.92 Å². The number of aliphatic hydroxyl groups excluding tert-OH is 1. The maximum Gasteiger partial charge on any atom is 0.244 e. The zero-order chi connectivity index (χ0) is 13.0. The van der Waals surface area contributed by atoms with Crippen molar-refractivity contribution >= 4 is 12.0 Å². The molecular formula is C14H17NO3. The van der Waals surface area contributed by atoms with Gasteiger partial charge in [-0.1, -0.05) is 12.2 Å².